The van der Waals surface area contributed by atoms with E-state index in [1.807, 2.05) is 13.8 Å². The van der Waals surface area contributed by atoms with Crippen LogP contribution in [0.3, 0.4) is 0 Å². The molecule has 0 aromatic rings. The van der Waals surface area contributed by atoms with E-state index in [4.69, 9.17) is 4.74 Å². The number of carbonyl (C=O) groups is 2. The Kier molecular flexibility index (Phi) is 7.81. The normalized spacial score (nSPS) is 14.2. The molecule has 16 heavy (non-hydrogen) atoms. The summed E-state index contributed by atoms with van der Waals surface area (Å²) in [6.07, 6.45) is 2.41. The van der Waals surface area contributed by atoms with Gasteiger partial charge in [0.1, 0.15) is 12.0 Å². The molecule has 0 aromatic carbocycles. The van der Waals surface area contributed by atoms with Gasteiger partial charge < -0.3 is 9.47 Å². The Balaban J connectivity index is 4.60. The number of hydrogen-bond donors (Lipinski definition) is 0. The third kappa shape index (κ3) is 4.31. The second-order valence-corrected chi connectivity index (χ2v) is 3.75. The summed E-state index contributed by atoms with van der Waals surface area (Å²) in [5.41, 5.74) is 0. The lowest BCUT2D eigenvalue weighted by Crippen LogP contribution is -2.34. The van der Waals surface area contributed by atoms with Gasteiger partial charge in [0.25, 0.3) is 0 Å². The molecular formula is C12H22O4. The monoisotopic (exact) mass is 230 g/mol. The van der Waals surface area contributed by atoms with Crippen LogP contribution in [0.2, 0.25) is 0 Å². The molecule has 0 aliphatic carbocycles. The predicted octanol–water partition coefficient (Wildman–Crippen LogP) is 1.96. The molecule has 0 fully saturated rings. The molecule has 4 nitrogen and oxygen atoms in total. The summed E-state index contributed by atoms with van der Waals surface area (Å²) in [5, 5.41) is 0. The zero-order valence-electron chi connectivity index (χ0n) is 10.6. The quantitative estimate of drug-likeness (QED) is 0.472. The SMILES string of the molecule is CCCCC(C(=O)OC)C(=O)C(CC)OC. The summed E-state index contributed by atoms with van der Waals surface area (Å²) in [7, 11) is 2.79. The molecule has 94 valence electrons. The first-order valence-electron chi connectivity index (χ1n) is 5.76. The molecule has 0 heterocycles. The smallest absolute Gasteiger partial charge is 0.316 e. The molecule has 0 bridgehead atoms. The van der Waals surface area contributed by atoms with E-state index in [1.165, 1.54) is 14.2 Å². The maximum Gasteiger partial charge on any atom is 0.316 e. The summed E-state index contributed by atoms with van der Waals surface area (Å²) in [6.45, 7) is 3.88. The Morgan fingerprint density at radius 1 is 1.19 bits per heavy atom. The molecule has 0 rings (SSSR count). The fourth-order valence-electron chi connectivity index (χ4n) is 1.64. The van der Waals surface area contributed by atoms with Gasteiger partial charge in [-0.3, -0.25) is 9.59 Å². The van der Waals surface area contributed by atoms with Gasteiger partial charge in [-0.1, -0.05) is 26.7 Å². The van der Waals surface area contributed by atoms with E-state index >= 15 is 0 Å². The first-order chi connectivity index (χ1) is 7.62. The van der Waals surface area contributed by atoms with Crippen LogP contribution in [-0.4, -0.2) is 32.1 Å². The average Bonchev–Trinajstić information content (AvgIpc) is 2.30. The third-order valence-electron chi connectivity index (χ3n) is 2.65. The van der Waals surface area contributed by atoms with E-state index in [9.17, 15) is 9.59 Å². The highest BCUT2D eigenvalue weighted by atomic mass is 16.5. The lowest BCUT2D eigenvalue weighted by Gasteiger charge is -2.18. The van der Waals surface area contributed by atoms with Gasteiger partial charge in [-0.05, 0) is 12.8 Å². The lowest BCUT2D eigenvalue weighted by molar-refractivity contribution is -0.153. The zero-order valence-corrected chi connectivity index (χ0v) is 10.6. The van der Waals surface area contributed by atoms with E-state index in [1.54, 1.807) is 0 Å². The minimum absolute atomic E-state index is 0.162. The molecule has 0 amide bonds. The maximum atomic E-state index is 12.0. The molecule has 0 saturated carbocycles. The number of carbonyl (C=O) groups excluding carboxylic acids is 2. The van der Waals surface area contributed by atoms with Gasteiger partial charge in [0.05, 0.1) is 7.11 Å². The lowest BCUT2D eigenvalue weighted by atomic mass is 9.93. The zero-order chi connectivity index (χ0) is 12.6. The van der Waals surface area contributed by atoms with Crippen LogP contribution >= 0.6 is 0 Å². The van der Waals surface area contributed by atoms with Crippen molar-refractivity contribution in [2.75, 3.05) is 14.2 Å². The number of methoxy groups -OCH3 is 2. The number of unbranched alkanes of at least 4 members (excludes halogenated alkanes) is 1. The molecule has 0 radical (unpaired) electrons. The van der Waals surface area contributed by atoms with Gasteiger partial charge in [-0.15, -0.1) is 0 Å². The molecule has 0 spiro atoms. The standard InChI is InChI=1S/C12H22O4/c1-5-7-8-9(12(14)16-4)11(13)10(6-2)15-3/h9-10H,5-8H2,1-4H3. The second kappa shape index (κ2) is 8.28. The fourth-order valence-corrected chi connectivity index (χ4v) is 1.64. The molecule has 0 N–H and O–H groups in total. The van der Waals surface area contributed by atoms with Crippen molar-refractivity contribution in [2.24, 2.45) is 5.92 Å². The summed E-state index contributed by atoms with van der Waals surface area (Å²) in [5.74, 6) is -1.28. The Morgan fingerprint density at radius 3 is 2.19 bits per heavy atom. The Morgan fingerprint density at radius 2 is 1.81 bits per heavy atom. The Hall–Kier alpha value is -0.900. The van der Waals surface area contributed by atoms with Crippen LogP contribution in [0.1, 0.15) is 39.5 Å². The van der Waals surface area contributed by atoms with Crippen LogP contribution in [0.15, 0.2) is 0 Å². The minimum atomic E-state index is -0.671. The minimum Gasteiger partial charge on any atom is -0.468 e. The van der Waals surface area contributed by atoms with Crippen LogP contribution in [0.5, 0.6) is 0 Å². The van der Waals surface area contributed by atoms with Crippen LogP contribution in [-0.2, 0) is 19.1 Å². The third-order valence-corrected chi connectivity index (χ3v) is 2.65. The summed E-state index contributed by atoms with van der Waals surface area (Å²) in [4.78, 5) is 23.5. The number of hydrogen-bond acceptors (Lipinski definition) is 4. The van der Waals surface area contributed by atoms with Crippen molar-refractivity contribution >= 4 is 11.8 Å². The van der Waals surface area contributed by atoms with Crippen molar-refractivity contribution in [2.45, 2.75) is 45.6 Å². The predicted molar refractivity (Wildman–Crippen MR) is 61.1 cm³/mol. The molecule has 0 saturated heterocycles. The van der Waals surface area contributed by atoms with Crippen LogP contribution in [0, 0.1) is 5.92 Å². The van der Waals surface area contributed by atoms with Crippen molar-refractivity contribution in [1.82, 2.24) is 0 Å². The summed E-state index contributed by atoms with van der Waals surface area (Å²) in [6, 6.07) is 0. The first-order valence-corrected chi connectivity index (χ1v) is 5.76. The molecule has 2 atom stereocenters. The average molecular weight is 230 g/mol. The van der Waals surface area contributed by atoms with Crippen LogP contribution in [0.25, 0.3) is 0 Å². The Bertz CT molecular complexity index is 221. The van der Waals surface area contributed by atoms with E-state index in [2.05, 4.69) is 4.74 Å². The van der Waals surface area contributed by atoms with Crippen molar-refractivity contribution in [3.8, 4) is 0 Å². The van der Waals surface area contributed by atoms with Gasteiger partial charge in [-0.2, -0.15) is 0 Å². The fraction of sp³-hybridized carbons (Fsp3) is 0.833. The van der Waals surface area contributed by atoms with Gasteiger partial charge in [0.2, 0.25) is 0 Å². The first kappa shape index (κ1) is 15.1. The molecule has 0 aliphatic heterocycles. The molecule has 4 heteroatoms. The highest BCUT2D eigenvalue weighted by molar-refractivity contribution is 6.01. The number of Topliss-reactive ketones (excluding diaryl/α,β-unsaturated/α-hetero) is 1. The van der Waals surface area contributed by atoms with Gasteiger partial charge in [-0.25, -0.2) is 0 Å². The van der Waals surface area contributed by atoms with Crippen molar-refractivity contribution < 1.29 is 19.1 Å². The largest absolute Gasteiger partial charge is 0.468 e. The van der Waals surface area contributed by atoms with Crippen molar-refractivity contribution in [3.05, 3.63) is 0 Å². The number of esters is 1. The Labute approximate surface area is 97.3 Å². The van der Waals surface area contributed by atoms with Crippen LogP contribution < -0.4 is 0 Å². The second-order valence-electron chi connectivity index (χ2n) is 3.75. The van der Waals surface area contributed by atoms with Gasteiger partial charge in [0.15, 0.2) is 5.78 Å². The highest BCUT2D eigenvalue weighted by Gasteiger charge is 2.31. The van der Waals surface area contributed by atoms with Crippen molar-refractivity contribution in [1.29, 1.82) is 0 Å². The molecule has 0 aliphatic rings. The van der Waals surface area contributed by atoms with Crippen molar-refractivity contribution in [3.63, 3.8) is 0 Å². The van der Waals surface area contributed by atoms with Gasteiger partial charge in [0, 0.05) is 7.11 Å². The highest BCUT2D eigenvalue weighted by Crippen LogP contribution is 2.16. The molecule has 0 aromatic heterocycles. The molecule has 2 unspecified atom stereocenters. The number of ether oxygens (including phenoxy) is 2. The summed E-state index contributed by atoms with van der Waals surface area (Å²) < 4.78 is 9.71. The topological polar surface area (TPSA) is 52.6 Å². The van der Waals surface area contributed by atoms with E-state index in [0.717, 1.165) is 12.8 Å². The van der Waals surface area contributed by atoms with E-state index in [0.29, 0.717) is 12.8 Å². The molecular weight excluding hydrogens is 208 g/mol. The maximum absolute atomic E-state index is 12.0. The number of rotatable bonds is 8. The van der Waals surface area contributed by atoms with E-state index in [-0.39, 0.29) is 5.78 Å². The van der Waals surface area contributed by atoms with Gasteiger partial charge >= 0.3 is 5.97 Å². The van der Waals surface area contributed by atoms with Crippen LogP contribution in [0.4, 0.5) is 0 Å². The number of ketones is 1. The summed E-state index contributed by atoms with van der Waals surface area (Å²) >= 11 is 0. The van der Waals surface area contributed by atoms with E-state index < -0.39 is 18.0 Å².